The molecule has 4 heteroatoms. The second-order valence-corrected chi connectivity index (χ2v) is 3.12. The molecule has 0 radical (unpaired) electrons. The first-order chi connectivity index (χ1) is 6.27. The summed E-state index contributed by atoms with van der Waals surface area (Å²) in [5.41, 5.74) is 0.858. The summed E-state index contributed by atoms with van der Waals surface area (Å²) in [4.78, 5) is 4.13. The highest BCUT2D eigenvalue weighted by atomic mass is 16.5. The summed E-state index contributed by atoms with van der Waals surface area (Å²) >= 11 is 0. The number of fused-ring (bicyclic) bond motifs is 1. The average molecular weight is 177 g/mol. The molecule has 68 valence electrons. The van der Waals surface area contributed by atoms with Crippen LogP contribution in [0.3, 0.4) is 0 Å². The minimum Gasteiger partial charge on any atom is -0.473 e. The van der Waals surface area contributed by atoms with Gasteiger partial charge < -0.3 is 4.74 Å². The number of hydrogen-bond donors (Lipinski definition) is 1. The van der Waals surface area contributed by atoms with Crippen molar-refractivity contribution in [1.29, 1.82) is 0 Å². The predicted octanol–water partition coefficient (Wildman–Crippen LogP) is 1.75. The minimum absolute atomic E-state index is 0.126. The topological polar surface area (TPSA) is 50.8 Å². The molecule has 0 bridgehead atoms. The Morgan fingerprint density at radius 2 is 2.31 bits per heavy atom. The smallest absolute Gasteiger partial charge is 0.240 e. The summed E-state index contributed by atoms with van der Waals surface area (Å²) in [7, 11) is 0. The van der Waals surface area contributed by atoms with Gasteiger partial charge in [-0.15, -0.1) is 0 Å². The Kier molecular flexibility index (Phi) is 1.88. The molecule has 2 aromatic rings. The summed E-state index contributed by atoms with van der Waals surface area (Å²) in [6, 6.07) is 1.89. The van der Waals surface area contributed by atoms with Crippen LogP contribution in [-0.4, -0.2) is 21.3 Å². The molecule has 0 aliphatic carbocycles. The molecule has 0 unspecified atom stereocenters. The molecule has 0 aliphatic rings. The Balaban J connectivity index is 2.48. The summed E-state index contributed by atoms with van der Waals surface area (Å²) in [5, 5.41) is 7.80. The molecule has 13 heavy (non-hydrogen) atoms. The van der Waals surface area contributed by atoms with Crippen molar-refractivity contribution in [3.8, 4) is 5.88 Å². The highest BCUT2D eigenvalue weighted by molar-refractivity contribution is 5.81. The first kappa shape index (κ1) is 8.04. The Bertz CT molecular complexity index is 408. The molecule has 0 saturated heterocycles. The third kappa shape index (κ3) is 1.47. The minimum atomic E-state index is 0.126. The van der Waals surface area contributed by atoms with Gasteiger partial charge in [-0.25, -0.2) is 4.98 Å². The molecule has 0 saturated carbocycles. The lowest BCUT2D eigenvalue weighted by Gasteiger charge is -2.08. The first-order valence-corrected chi connectivity index (χ1v) is 4.22. The van der Waals surface area contributed by atoms with Crippen LogP contribution < -0.4 is 4.74 Å². The van der Waals surface area contributed by atoms with E-state index >= 15 is 0 Å². The lowest BCUT2D eigenvalue weighted by molar-refractivity contribution is 0.235. The molecule has 0 atom stereocenters. The Morgan fingerprint density at radius 3 is 3.08 bits per heavy atom. The van der Waals surface area contributed by atoms with E-state index in [4.69, 9.17) is 4.74 Å². The second kappa shape index (κ2) is 3.05. The summed E-state index contributed by atoms with van der Waals surface area (Å²) in [5.74, 6) is 0.616. The average Bonchev–Trinajstić information content (AvgIpc) is 2.51. The lowest BCUT2D eigenvalue weighted by Crippen LogP contribution is -2.07. The number of hydrogen-bond acceptors (Lipinski definition) is 3. The quantitative estimate of drug-likeness (QED) is 0.760. The van der Waals surface area contributed by atoms with Gasteiger partial charge in [0.1, 0.15) is 5.52 Å². The van der Waals surface area contributed by atoms with E-state index in [-0.39, 0.29) is 6.10 Å². The van der Waals surface area contributed by atoms with Crippen LogP contribution >= 0.6 is 0 Å². The van der Waals surface area contributed by atoms with Gasteiger partial charge in [-0.05, 0) is 19.9 Å². The van der Waals surface area contributed by atoms with Crippen molar-refractivity contribution in [2.45, 2.75) is 20.0 Å². The van der Waals surface area contributed by atoms with Crippen molar-refractivity contribution >= 4 is 10.9 Å². The monoisotopic (exact) mass is 177 g/mol. The normalized spacial score (nSPS) is 11.0. The van der Waals surface area contributed by atoms with Crippen molar-refractivity contribution < 1.29 is 4.74 Å². The Morgan fingerprint density at radius 1 is 1.46 bits per heavy atom. The highest BCUT2D eigenvalue weighted by Gasteiger charge is 2.05. The fourth-order valence-electron chi connectivity index (χ4n) is 1.16. The van der Waals surface area contributed by atoms with E-state index in [1.807, 2.05) is 19.9 Å². The maximum absolute atomic E-state index is 5.50. The van der Waals surface area contributed by atoms with Crippen molar-refractivity contribution in [2.75, 3.05) is 0 Å². The molecule has 0 aromatic carbocycles. The lowest BCUT2D eigenvalue weighted by atomic mass is 10.3. The fourth-order valence-corrected chi connectivity index (χ4v) is 1.16. The van der Waals surface area contributed by atoms with Crippen LogP contribution in [0.4, 0.5) is 0 Å². The Labute approximate surface area is 75.9 Å². The molecule has 0 fully saturated rings. The SMILES string of the molecule is CC(C)Oc1nccc2cn[nH]c12. The standard InChI is InChI=1S/C9H11N3O/c1-6(2)13-9-8-7(3-4-10-9)5-11-12-8/h3-6H,1-2H3,(H,11,12). The van der Waals surface area contributed by atoms with Crippen molar-refractivity contribution in [1.82, 2.24) is 15.2 Å². The van der Waals surface area contributed by atoms with Crippen LogP contribution in [0.1, 0.15) is 13.8 Å². The number of ether oxygens (including phenoxy) is 1. The molecule has 1 N–H and O–H groups in total. The fraction of sp³-hybridized carbons (Fsp3) is 0.333. The van der Waals surface area contributed by atoms with E-state index in [0.717, 1.165) is 10.9 Å². The van der Waals surface area contributed by atoms with Crippen LogP contribution in [0.25, 0.3) is 10.9 Å². The number of aromatic amines is 1. The van der Waals surface area contributed by atoms with Gasteiger partial charge in [-0.2, -0.15) is 5.10 Å². The number of nitrogens with zero attached hydrogens (tertiary/aromatic N) is 2. The van der Waals surface area contributed by atoms with Crippen LogP contribution in [0.5, 0.6) is 5.88 Å². The van der Waals surface area contributed by atoms with Gasteiger partial charge in [0.2, 0.25) is 5.88 Å². The number of pyridine rings is 1. The van der Waals surface area contributed by atoms with Gasteiger partial charge in [-0.3, -0.25) is 5.10 Å². The van der Waals surface area contributed by atoms with Gasteiger partial charge in [-0.1, -0.05) is 0 Å². The van der Waals surface area contributed by atoms with Crippen LogP contribution in [0, 0.1) is 0 Å². The first-order valence-electron chi connectivity index (χ1n) is 4.22. The molecular formula is C9H11N3O. The number of nitrogens with one attached hydrogen (secondary N) is 1. The summed E-state index contributed by atoms with van der Waals surface area (Å²) in [6.07, 6.45) is 3.60. The summed E-state index contributed by atoms with van der Waals surface area (Å²) in [6.45, 7) is 3.94. The maximum Gasteiger partial charge on any atom is 0.240 e. The maximum atomic E-state index is 5.50. The highest BCUT2D eigenvalue weighted by Crippen LogP contribution is 2.20. The molecular weight excluding hydrogens is 166 g/mol. The van der Waals surface area contributed by atoms with Crippen LogP contribution in [0.2, 0.25) is 0 Å². The van der Waals surface area contributed by atoms with E-state index in [1.165, 1.54) is 0 Å². The molecule has 2 aromatic heterocycles. The molecule has 4 nitrogen and oxygen atoms in total. The molecule has 0 aliphatic heterocycles. The molecule has 2 rings (SSSR count). The number of rotatable bonds is 2. The number of aromatic nitrogens is 3. The van der Waals surface area contributed by atoms with Crippen molar-refractivity contribution in [3.63, 3.8) is 0 Å². The third-order valence-corrected chi connectivity index (χ3v) is 1.68. The summed E-state index contributed by atoms with van der Waals surface area (Å²) < 4.78 is 5.50. The van der Waals surface area contributed by atoms with Gasteiger partial charge in [0.05, 0.1) is 12.3 Å². The van der Waals surface area contributed by atoms with E-state index in [1.54, 1.807) is 12.4 Å². The van der Waals surface area contributed by atoms with Crippen LogP contribution in [0.15, 0.2) is 18.5 Å². The second-order valence-electron chi connectivity index (χ2n) is 3.12. The van der Waals surface area contributed by atoms with E-state index < -0.39 is 0 Å². The van der Waals surface area contributed by atoms with Crippen molar-refractivity contribution in [3.05, 3.63) is 18.5 Å². The van der Waals surface area contributed by atoms with Gasteiger partial charge in [0.15, 0.2) is 0 Å². The van der Waals surface area contributed by atoms with E-state index in [0.29, 0.717) is 5.88 Å². The van der Waals surface area contributed by atoms with Crippen LogP contribution in [-0.2, 0) is 0 Å². The van der Waals surface area contributed by atoms with Crippen molar-refractivity contribution in [2.24, 2.45) is 0 Å². The number of H-pyrrole nitrogens is 1. The zero-order valence-corrected chi connectivity index (χ0v) is 7.61. The third-order valence-electron chi connectivity index (χ3n) is 1.68. The largest absolute Gasteiger partial charge is 0.473 e. The predicted molar refractivity (Wildman–Crippen MR) is 49.7 cm³/mol. The van der Waals surface area contributed by atoms with E-state index in [2.05, 4.69) is 15.2 Å². The zero-order chi connectivity index (χ0) is 9.26. The van der Waals surface area contributed by atoms with Gasteiger partial charge >= 0.3 is 0 Å². The Hall–Kier alpha value is -1.58. The molecule has 0 amide bonds. The van der Waals surface area contributed by atoms with E-state index in [9.17, 15) is 0 Å². The zero-order valence-electron chi connectivity index (χ0n) is 7.61. The molecule has 0 spiro atoms. The van der Waals surface area contributed by atoms with Gasteiger partial charge in [0, 0.05) is 11.6 Å². The van der Waals surface area contributed by atoms with Gasteiger partial charge in [0.25, 0.3) is 0 Å². The molecule has 2 heterocycles.